The van der Waals surface area contributed by atoms with E-state index < -0.39 is 0 Å². The van der Waals surface area contributed by atoms with Crippen LogP contribution in [0.2, 0.25) is 0 Å². The number of amides is 1. The Morgan fingerprint density at radius 2 is 1.90 bits per heavy atom. The first kappa shape index (κ1) is 23.4. The molecule has 0 saturated heterocycles. The van der Waals surface area contributed by atoms with Crippen molar-refractivity contribution in [1.82, 2.24) is 20.2 Å². The fraction of sp³-hybridized carbons (Fsp3) is 0.250. The minimum atomic E-state index is 0.360. The number of pyridine rings is 1. The van der Waals surface area contributed by atoms with Crippen LogP contribution in [0.15, 0.2) is 42.6 Å². The lowest BCUT2D eigenvalue weighted by molar-refractivity contribution is -0.109. The molecule has 0 aliphatic carbocycles. The maximum absolute atomic E-state index is 8.94. The first-order valence-corrected chi connectivity index (χ1v) is 9.19. The van der Waals surface area contributed by atoms with Crippen molar-refractivity contribution in [2.45, 2.75) is 13.5 Å². The number of rotatable bonds is 8. The smallest absolute Gasteiger partial charge is 0.243 e. The van der Waals surface area contributed by atoms with E-state index in [9.17, 15) is 0 Å². The van der Waals surface area contributed by atoms with Crippen molar-refractivity contribution in [3.8, 4) is 23.3 Å². The second-order valence-electron chi connectivity index (χ2n) is 6.24. The molecule has 2 heterocycles. The molecule has 31 heavy (non-hydrogen) atoms. The van der Waals surface area contributed by atoms with Gasteiger partial charge in [-0.15, -0.1) is 5.10 Å². The number of ether oxygens (including phenoxy) is 3. The summed E-state index contributed by atoms with van der Waals surface area (Å²) >= 11 is 0. The molecule has 0 spiro atoms. The summed E-state index contributed by atoms with van der Waals surface area (Å²) in [6.07, 6.45) is 2.19. The van der Waals surface area contributed by atoms with Gasteiger partial charge in [0, 0.05) is 30.9 Å². The lowest BCUT2D eigenvalue weighted by atomic mass is 10.1. The first-order chi connectivity index (χ1) is 14.9. The monoisotopic (exact) mass is 429 g/mol. The van der Waals surface area contributed by atoms with Gasteiger partial charge in [-0.1, -0.05) is 12.1 Å². The molecular formula is C20H27N7O4. The average molecular weight is 429 g/mol. The number of nitrogens with zero attached hydrogens (tertiary/aromatic N) is 4. The summed E-state index contributed by atoms with van der Waals surface area (Å²) in [6, 6.07) is 11.3. The Hall–Kier alpha value is -3.83. The number of nitrogens with two attached hydrogens (primary N) is 2. The number of hydrogen-bond acceptors (Lipinski definition) is 9. The van der Waals surface area contributed by atoms with Crippen molar-refractivity contribution < 1.29 is 19.0 Å². The topological polar surface area (TPSA) is 143 Å². The van der Waals surface area contributed by atoms with Gasteiger partial charge >= 0.3 is 0 Å². The Morgan fingerprint density at radius 3 is 2.52 bits per heavy atom. The van der Waals surface area contributed by atoms with Crippen LogP contribution in [0.3, 0.4) is 0 Å². The maximum Gasteiger partial charge on any atom is 0.243 e. The largest absolute Gasteiger partial charge is 0.481 e. The zero-order valence-electron chi connectivity index (χ0n) is 17.9. The molecule has 0 aliphatic rings. The van der Waals surface area contributed by atoms with Crippen molar-refractivity contribution in [1.29, 1.82) is 0 Å². The molecule has 11 heteroatoms. The molecule has 0 radical (unpaired) electrons. The van der Waals surface area contributed by atoms with Gasteiger partial charge in [0.1, 0.15) is 12.3 Å². The number of aryl methyl sites for hydroxylation is 1. The van der Waals surface area contributed by atoms with Crippen LogP contribution in [-0.4, -0.2) is 42.4 Å². The first-order valence-electron chi connectivity index (χ1n) is 9.19. The number of anilines is 1. The molecule has 0 saturated carbocycles. The third kappa shape index (κ3) is 6.07. The summed E-state index contributed by atoms with van der Waals surface area (Å²) in [4.78, 5) is 13.2. The molecule has 11 nitrogen and oxygen atoms in total. The molecule has 166 valence electrons. The molecule has 5 N–H and O–H groups in total. The van der Waals surface area contributed by atoms with Gasteiger partial charge in [-0.2, -0.15) is 4.98 Å². The summed E-state index contributed by atoms with van der Waals surface area (Å²) < 4.78 is 18.0. The molecule has 3 aromatic rings. The summed E-state index contributed by atoms with van der Waals surface area (Å²) in [5, 5.41) is 6.03. The molecule has 0 bridgehead atoms. The van der Waals surface area contributed by atoms with Crippen molar-refractivity contribution in [3.63, 3.8) is 0 Å². The second kappa shape index (κ2) is 11.4. The Labute approximate surface area is 180 Å². The highest BCUT2D eigenvalue weighted by molar-refractivity contribution is 5.55. The van der Waals surface area contributed by atoms with Crippen molar-refractivity contribution in [2.75, 3.05) is 26.3 Å². The van der Waals surface area contributed by atoms with Crippen LogP contribution >= 0.6 is 0 Å². The zero-order valence-corrected chi connectivity index (χ0v) is 17.9. The Morgan fingerprint density at radius 1 is 1.16 bits per heavy atom. The lowest BCUT2D eigenvalue weighted by Crippen LogP contribution is -2.26. The molecule has 0 aliphatic heterocycles. The highest BCUT2D eigenvalue weighted by Crippen LogP contribution is 2.26. The molecule has 2 aromatic heterocycles. The van der Waals surface area contributed by atoms with Gasteiger partial charge in [0.25, 0.3) is 0 Å². The van der Waals surface area contributed by atoms with Crippen molar-refractivity contribution in [2.24, 2.45) is 11.7 Å². The number of aromatic nitrogens is 3. The van der Waals surface area contributed by atoms with E-state index >= 15 is 0 Å². The summed E-state index contributed by atoms with van der Waals surface area (Å²) in [5.74, 6) is 11.7. The number of nitrogens with one attached hydrogen (secondary N) is 1. The third-order valence-corrected chi connectivity index (χ3v) is 4.23. The summed E-state index contributed by atoms with van der Waals surface area (Å²) in [5.41, 5.74) is 5.47. The van der Waals surface area contributed by atoms with Gasteiger partial charge in [-0.3, -0.25) is 10.2 Å². The highest BCUT2D eigenvalue weighted by Gasteiger charge is 2.13. The third-order valence-electron chi connectivity index (χ3n) is 4.23. The summed E-state index contributed by atoms with van der Waals surface area (Å²) in [6.45, 7) is 2.39. The van der Waals surface area contributed by atoms with E-state index in [1.165, 1.54) is 0 Å². The summed E-state index contributed by atoms with van der Waals surface area (Å²) in [7, 11) is 4.91. The van der Waals surface area contributed by atoms with Crippen LogP contribution in [0.5, 0.6) is 17.6 Å². The standard InChI is InChI=1S/C19H23N5O3.CH4N2O/c1-13-6-5-7-15(23(2)20)14(13)12-27-18-10-11-24(22-18)16-8-9-17(25-3)21-19(16)26-4;2-3-1-4/h5-11H,12,20H2,1-4H3;1H,2H2,(H,3,4). The van der Waals surface area contributed by atoms with Gasteiger partial charge in [-0.25, -0.2) is 16.4 Å². The Balaban J connectivity index is 0.000000785. The van der Waals surface area contributed by atoms with E-state index in [1.807, 2.05) is 31.2 Å². The molecule has 1 aromatic carbocycles. The minimum Gasteiger partial charge on any atom is -0.481 e. The number of hydrazine groups is 2. The van der Waals surface area contributed by atoms with Crippen LogP contribution in [0.4, 0.5) is 5.69 Å². The molecule has 0 atom stereocenters. The van der Waals surface area contributed by atoms with Crippen molar-refractivity contribution in [3.05, 3.63) is 53.7 Å². The number of methoxy groups -OCH3 is 2. The zero-order chi connectivity index (χ0) is 22.8. The predicted molar refractivity (Wildman–Crippen MR) is 116 cm³/mol. The van der Waals surface area contributed by atoms with Gasteiger partial charge in [-0.05, 0) is 24.6 Å². The van der Waals surface area contributed by atoms with E-state index in [0.717, 1.165) is 16.8 Å². The average Bonchev–Trinajstić information content (AvgIpc) is 3.26. The second-order valence-corrected chi connectivity index (χ2v) is 6.24. The van der Waals surface area contributed by atoms with Crippen LogP contribution in [-0.2, 0) is 11.4 Å². The molecule has 0 unspecified atom stereocenters. The van der Waals surface area contributed by atoms with E-state index in [-0.39, 0.29) is 0 Å². The molecule has 3 rings (SSSR count). The minimum absolute atomic E-state index is 0.360. The Kier molecular flexibility index (Phi) is 8.61. The Bertz CT molecular complexity index is 991. The number of benzene rings is 1. The number of carbonyl (C=O) groups is 1. The SMILES string of the molecule is COc1ccc(-n2ccc(OCc3c(C)cccc3N(C)N)n2)c(OC)n1.NNC=O. The fourth-order valence-electron chi connectivity index (χ4n) is 2.72. The van der Waals surface area contributed by atoms with Gasteiger partial charge in [0.15, 0.2) is 0 Å². The normalized spacial score (nSPS) is 9.87. The van der Waals surface area contributed by atoms with Crippen LogP contribution in [0, 0.1) is 6.92 Å². The number of carbonyl (C=O) groups excluding carboxylic acids is 1. The molecule has 1 amide bonds. The fourth-order valence-corrected chi connectivity index (χ4v) is 2.72. The van der Waals surface area contributed by atoms with E-state index in [2.05, 4.69) is 15.9 Å². The van der Waals surface area contributed by atoms with Crippen LogP contribution in [0.1, 0.15) is 11.1 Å². The molecular weight excluding hydrogens is 402 g/mol. The van der Waals surface area contributed by atoms with E-state index in [4.69, 9.17) is 24.8 Å². The van der Waals surface area contributed by atoms with Gasteiger partial charge in [0.2, 0.25) is 24.1 Å². The van der Waals surface area contributed by atoms with Gasteiger partial charge in [0.05, 0.1) is 19.9 Å². The predicted octanol–water partition coefficient (Wildman–Crippen LogP) is 1.09. The van der Waals surface area contributed by atoms with Crippen LogP contribution < -0.4 is 36.3 Å². The quantitative estimate of drug-likeness (QED) is 0.207. The van der Waals surface area contributed by atoms with Crippen molar-refractivity contribution >= 4 is 12.1 Å². The van der Waals surface area contributed by atoms with Gasteiger partial charge < -0.3 is 19.2 Å². The molecule has 0 fully saturated rings. The van der Waals surface area contributed by atoms with Crippen LogP contribution in [0.25, 0.3) is 5.69 Å². The highest BCUT2D eigenvalue weighted by atomic mass is 16.5. The number of hydrogen-bond donors (Lipinski definition) is 3. The van der Waals surface area contributed by atoms with E-state index in [1.54, 1.807) is 54.7 Å². The maximum atomic E-state index is 8.94. The lowest BCUT2D eigenvalue weighted by Gasteiger charge is -2.18. The van der Waals surface area contributed by atoms with E-state index in [0.29, 0.717) is 36.3 Å².